The van der Waals surface area contributed by atoms with Gasteiger partial charge < -0.3 is 10.6 Å². The summed E-state index contributed by atoms with van der Waals surface area (Å²) in [4.78, 5) is 2.39. The van der Waals surface area contributed by atoms with Crippen LogP contribution in [0.1, 0.15) is 62.6 Å². The average molecular weight is 274 g/mol. The van der Waals surface area contributed by atoms with Crippen molar-refractivity contribution in [2.75, 3.05) is 14.1 Å². The molecule has 1 aliphatic rings. The Bertz CT molecular complexity index is 400. The molecule has 0 heterocycles. The molecule has 2 rings (SSSR count). The first-order valence-corrected chi connectivity index (χ1v) is 8.12. The number of rotatable bonds is 4. The first kappa shape index (κ1) is 15.5. The summed E-state index contributed by atoms with van der Waals surface area (Å²) in [7, 11) is 4.40. The van der Waals surface area contributed by atoms with Gasteiger partial charge in [-0.15, -0.1) is 0 Å². The molecule has 1 aromatic carbocycles. The third-order valence-corrected chi connectivity index (χ3v) is 5.19. The quantitative estimate of drug-likeness (QED) is 0.844. The van der Waals surface area contributed by atoms with E-state index in [0.29, 0.717) is 0 Å². The molecule has 1 saturated carbocycles. The van der Waals surface area contributed by atoms with Gasteiger partial charge in [-0.25, -0.2) is 0 Å². The SMILES string of the molecule is CCc1ccc(C(N)C2(N(C)C)CCCCCC2)cc1. The van der Waals surface area contributed by atoms with E-state index in [0.717, 1.165) is 6.42 Å². The maximum Gasteiger partial charge on any atom is 0.0481 e. The third kappa shape index (κ3) is 3.07. The van der Waals surface area contributed by atoms with Crippen molar-refractivity contribution in [1.82, 2.24) is 4.90 Å². The van der Waals surface area contributed by atoms with E-state index in [9.17, 15) is 0 Å². The Balaban J connectivity index is 2.27. The van der Waals surface area contributed by atoms with E-state index in [1.807, 2.05) is 0 Å². The predicted molar refractivity (Wildman–Crippen MR) is 86.9 cm³/mol. The number of likely N-dealkylation sites (N-methyl/N-ethyl adjacent to an activating group) is 1. The number of benzene rings is 1. The number of aryl methyl sites for hydroxylation is 1. The maximum absolute atomic E-state index is 6.72. The minimum atomic E-state index is 0.113. The van der Waals surface area contributed by atoms with Crippen molar-refractivity contribution in [3.05, 3.63) is 35.4 Å². The predicted octanol–water partition coefficient (Wildman–Crippen LogP) is 3.90. The first-order valence-electron chi connectivity index (χ1n) is 8.12. The second-order valence-electron chi connectivity index (χ2n) is 6.49. The molecule has 2 N–H and O–H groups in total. The van der Waals surface area contributed by atoms with E-state index < -0.39 is 0 Å². The van der Waals surface area contributed by atoms with Crippen LogP contribution in [0.4, 0.5) is 0 Å². The molecule has 1 fully saturated rings. The average Bonchev–Trinajstić information content (AvgIpc) is 2.73. The molecule has 0 aliphatic heterocycles. The summed E-state index contributed by atoms with van der Waals surface area (Å²) in [6.45, 7) is 2.20. The van der Waals surface area contributed by atoms with E-state index in [-0.39, 0.29) is 11.6 Å². The highest BCUT2D eigenvalue weighted by Gasteiger charge is 2.39. The minimum Gasteiger partial charge on any atom is -0.322 e. The van der Waals surface area contributed by atoms with Crippen LogP contribution in [0.2, 0.25) is 0 Å². The van der Waals surface area contributed by atoms with Gasteiger partial charge in [0.1, 0.15) is 0 Å². The van der Waals surface area contributed by atoms with Gasteiger partial charge in [0.25, 0.3) is 0 Å². The van der Waals surface area contributed by atoms with Gasteiger partial charge in [-0.3, -0.25) is 0 Å². The summed E-state index contributed by atoms with van der Waals surface area (Å²) in [5.74, 6) is 0. The topological polar surface area (TPSA) is 29.3 Å². The molecule has 2 heteroatoms. The Morgan fingerprint density at radius 3 is 2.05 bits per heavy atom. The van der Waals surface area contributed by atoms with Crippen LogP contribution in [0.3, 0.4) is 0 Å². The van der Waals surface area contributed by atoms with E-state index in [1.54, 1.807) is 0 Å². The molecule has 1 aromatic rings. The molecule has 0 radical (unpaired) electrons. The molecule has 112 valence electrons. The minimum absolute atomic E-state index is 0.113. The molecule has 2 nitrogen and oxygen atoms in total. The second kappa shape index (κ2) is 6.73. The first-order chi connectivity index (χ1) is 9.60. The molecule has 1 unspecified atom stereocenters. The lowest BCUT2D eigenvalue weighted by atomic mass is 9.78. The molecule has 0 bridgehead atoms. The zero-order chi connectivity index (χ0) is 14.6. The fourth-order valence-corrected chi connectivity index (χ4v) is 3.65. The van der Waals surface area contributed by atoms with Gasteiger partial charge in [0.15, 0.2) is 0 Å². The summed E-state index contributed by atoms with van der Waals surface area (Å²) in [6, 6.07) is 9.05. The Hall–Kier alpha value is -0.860. The molecular formula is C18H30N2. The van der Waals surface area contributed by atoms with E-state index >= 15 is 0 Å². The third-order valence-electron chi connectivity index (χ3n) is 5.19. The Morgan fingerprint density at radius 2 is 1.60 bits per heavy atom. The van der Waals surface area contributed by atoms with E-state index in [1.165, 1.54) is 49.7 Å². The Morgan fingerprint density at radius 1 is 1.05 bits per heavy atom. The Labute approximate surface area is 124 Å². The molecule has 0 amide bonds. The van der Waals surface area contributed by atoms with Gasteiger partial charge in [0.05, 0.1) is 0 Å². The fourth-order valence-electron chi connectivity index (χ4n) is 3.65. The van der Waals surface area contributed by atoms with Gasteiger partial charge in [-0.1, -0.05) is 56.9 Å². The summed E-state index contributed by atoms with van der Waals surface area (Å²) >= 11 is 0. The van der Waals surface area contributed by atoms with Crippen LogP contribution in [0, 0.1) is 0 Å². The zero-order valence-electron chi connectivity index (χ0n) is 13.4. The van der Waals surface area contributed by atoms with Crippen LogP contribution in [0.5, 0.6) is 0 Å². The van der Waals surface area contributed by atoms with Crippen molar-refractivity contribution in [2.45, 2.75) is 63.5 Å². The van der Waals surface area contributed by atoms with Crippen molar-refractivity contribution in [2.24, 2.45) is 5.73 Å². The lowest BCUT2D eigenvalue weighted by molar-refractivity contribution is 0.0969. The standard InChI is InChI=1S/C18H30N2/c1-4-15-9-11-16(12-10-15)17(19)18(20(2)3)13-7-5-6-8-14-18/h9-12,17H,4-8,13-14,19H2,1-3H3. The van der Waals surface area contributed by atoms with Crippen LogP contribution in [0.15, 0.2) is 24.3 Å². The number of nitrogens with two attached hydrogens (primary N) is 1. The highest BCUT2D eigenvalue weighted by molar-refractivity contribution is 5.27. The highest BCUT2D eigenvalue weighted by atomic mass is 15.2. The normalized spacial score (nSPS) is 20.6. The monoisotopic (exact) mass is 274 g/mol. The summed E-state index contributed by atoms with van der Waals surface area (Å²) < 4.78 is 0. The van der Waals surface area contributed by atoms with Crippen LogP contribution in [-0.2, 0) is 6.42 Å². The van der Waals surface area contributed by atoms with Gasteiger partial charge >= 0.3 is 0 Å². The van der Waals surface area contributed by atoms with Crippen molar-refractivity contribution in [1.29, 1.82) is 0 Å². The lowest BCUT2D eigenvalue weighted by Crippen LogP contribution is -2.52. The highest BCUT2D eigenvalue weighted by Crippen LogP contribution is 2.39. The van der Waals surface area contributed by atoms with Gasteiger partial charge in [0, 0.05) is 11.6 Å². The van der Waals surface area contributed by atoms with Gasteiger partial charge in [-0.05, 0) is 44.5 Å². The van der Waals surface area contributed by atoms with Crippen LogP contribution < -0.4 is 5.73 Å². The van der Waals surface area contributed by atoms with E-state index in [4.69, 9.17) is 5.73 Å². The second-order valence-corrected chi connectivity index (χ2v) is 6.49. The van der Waals surface area contributed by atoms with Crippen LogP contribution in [-0.4, -0.2) is 24.5 Å². The largest absolute Gasteiger partial charge is 0.322 e. The molecule has 20 heavy (non-hydrogen) atoms. The van der Waals surface area contributed by atoms with Crippen LogP contribution in [0.25, 0.3) is 0 Å². The van der Waals surface area contributed by atoms with E-state index in [2.05, 4.69) is 50.2 Å². The molecule has 1 aliphatic carbocycles. The van der Waals surface area contributed by atoms with Crippen molar-refractivity contribution in [3.63, 3.8) is 0 Å². The number of nitrogens with zero attached hydrogens (tertiary/aromatic N) is 1. The molecular weight excluding hydrogens is 244 g/mol. The molecule has 0 spiro atoms. The smallest absolute Gasteiger partial charge is 0.0481 e. The van der Waals surface area contributed by atoms with Crippen molar-refractivity contribution >= 4 is 0 Å². The maximum atomic E-state index is 6.72. The lowest BCUT2D eigenvalue weighted by Gasteiger charge is -2.44. The fraction of sp³-hybridized carbons (Fsp3) is 0.667. The van der Waals surface area contributed by atoms with Crippen LogP contribution >= 0.6 is 0 Å². The molecule has 1 atom stereocenters. The summed E-state index contributed by atoms with van der Waals surface area (Å²) in [5, 5.41) is 0. The number of hydrogen-bond donors (Lipinski definition) is 1. The molecule has 0 saturated heterocycles. The van der Waals surface area contributed by atoms with Gasteiger partial charge in [-0.2, -0.15) is 0 Å². The van der Waals surface area contributed by atoms with Crippen molar-refractivity contribution in [3.8, 4) is 0 Å². The van der Waals surface area contributed by atoms with Gasteiger partial charge in [0.2, 0.25) is 0 Å². The summed E-state index contributed by atoms with van der Waals surface area (Å²) in [6.07, 6.45) is 8.85. The Kier molecular flexibility index (Phi) is 5.22. The zero-order valence-corrected chi connectivity index (χ0v) is 13.4. The molecule has 0 aromatic heterocycles. The summed E-state index contributed by atoms with van der Waals surface area (Å²) in [5.41, 5.74) is 9.53. The number of hydrogen-bond acceptors (Lipinski definition) is 2. The van der Waals surface area contributed by atoms with Crippen molar-refractivity contribution < 1.29 is 0 Å².